The highest BCUT2D eigenvalue weighted by atomic mass is 79.9. The van der Waals surface area contributed by atoms with E-state index in [1.807, 2.05) is 30.3 Å². The summed E-state index contributed by atoms with van der Waals surface area (Å²) in [6.07, 6.45) is 0.333. The van der Waals surface area contributed by atoms with Gasteiger partial charge in [0.2, 0.25) is 6.54 Å². The van der Waals surface area contributed by atoms with E-state index in [1.54, 1.807) is 19.2 Å². The molecule has 0 saturated heterocycles. The van der Waals surface area contributed by atoms with Gasteiger partial charge in [0.25, 0.3) is 0 Å². The first kappa shape index (κ1) is 16.3. The quantitative estimate of drug-likeness (QED) is 0.552. The van der Waals surface area contributed by atoms with Crippen LogP contribution in [0.2, 0.25) is 0 Å². The van der Waals surface area contributed by atoms with Gasteiger partial charge in [0.1, 0.15) is 6.61 Å². The Balaban J connectivity index is 2.17. The fourth-order valence-electron chi connectivity index (χ4n) is 1.99. The van der Waals surface area contributed by atoms with Crippen LogP contribution in [-0.2, 0) is 13.0 Å². The van der Waals surface area contributed by atoms with E-state index in [0.717, 1.165) is 15.6 Å². The second-order valence-electron chi connectivity index (χ2n) is 4.68. The zero-order chi connectivity index (χ0) is 15.9. The molecule has 0 aliphatic rings. The second-order valence-corrected chi connectivity index (χ2v) is 5.53. The molecule has 0 atom stereocenters. The van der Waals surface area contributed by atoms with Crippen molar-refractivity contribution in [1.29, 1.82) is 0 Å². The van der Waals surface area contributed by atoms with E-state index >= 15 is 0 Å². The lowest BCUT2D eigenvalue weighted by Crippen LogP contribution is -2.05. The fourth-order valence-corrected chi connectivity index (χ4v) is 2.51. The number of hydrogen-bond donors (Lipinski definition) is 0. The maximum absolute atomic E-state index is 10.5. The van der Waals surface area contributed by atoms with Crippen LogP contribution in [0, 0.1) is 10.1 Å². The summed E-state index contributed by atoms with van der Waals surface area (Å²) >= 11 is 3.41. The van der Waals surface area contributed by atoms with Gasteiger partial charge in [0.05, 0.1) is 7.11 Å². The first-order valence-electron chi connectivity index (χ1n) is 6.75. The lowest BCUT2D eigenvalue weighted by Gasteiger charge is -2.13. The van der Waals surface area contributed by atoms with Gasteiger partial charge >= 0.3 is 0 Å². The number of nitro groups is 1. The molecule has 116 valence electrons. The van der Waals surface area contributed by atoms with Gasteiger partial charge in [-0.2, -0.15) is 0 Å². The zero-order valence-electron chi connectivity index (χ0n) is 12.1. The van der Waals surface area contributed by atoms with Crippen LogP contribution in [0.25, 0.3) is 0 Å². The third-order valence-electron chi connectivity index (χ3n) is 3.13. The molecule has 0 saturated carbocycles. The van der Waals surface area contributed by atoms with Crippen LogP contribution in [0.3, 0.4) is 0 Å². The van der Waals surface area contributed by atoms with Crippen molar-refractivity contribution in [3.63, 3.8) is 0 Å². The van der Waals surface area contributed by atoms with Gasteiger partial charge in [-0.1, -0.05) is 46.3 Å². The highest BCUT2D eigenvalue weighted by molar-refractivity contribution is 9.10. The average molecular weight is 366 g/mol. The molecule has 6 heteroatoms. The first-order valence-corrected chi connectivity index (χ1v) is 7.54. The molecule has 0 N–H and O–H groups in total. The van der Waals surface area contributed by atoms with E-state index in [9.17, 15) is 10.1 Å². The number of halogens is 1. The molecule has 2 aromatic rings. The SMILES string of the molecule is COc1cc(Br)c(CC[N+](=O)[O-])cc1OCc1ccccc1. The summed E-state index contributed by atoms with van der Waals surface area (Å²) in [5.41, 5.74) is 1.86. The molecule has 2 aromatic carbocycles. The van der Waals surface area contributed by atoms with Gasteiger partial charge in [-0.15, -0.1) is 0 Å². The normalized spacial score (nSPS) is 10.3. The molecule has 2 rings (SSSR count). The molecule has 0 amide bonds. The largest absolute Gasteiger partial charge is 0.493 e. The summed E-state index contributed by atoms with van der Waals surface area (Å²) < 4.78 is 11.9. The van der Waals surface area contributed by atoms with Crippen LogP contribution in [0.15, 0.2) is 46.9 Å². The van der Waals surface area contributed by atoms with Crippen molar-refractivity contribution in [2.45, 2.75) is 13.0 Å². The summed E-state index contributed by atoms with van der Waals surface area (Å²) in [6, 6.07) is 13.3. The number of nitrogens with zero attached hydrogens (tertiary/aromatic N) is 1. The van der Waals surface area contributed by atoms with Gasteiger partial charge in [0, 0.05) is 15.8 Å². The first-order chi connectivity index (χ1) is 10.6. The minimum absolute atomic E-state index is 0.122. The van der Waals surface area contributed by atoms with Gasteiger partial charge in [0.15, 0.2) is 11.5 Å². The number of ether oxygens (including phenoxy) is 2. The van der Waals surface area contributed by atoms with E-state index in [4.69, 9.17) is 9.47 Å². The molecular weight excluding hydrogens is 350 g/mol. The molecule has 0 fully saturated rings. The second kappa shape index (κ2) is 7.79. The number of benzene rings is 2. The smallest absolute Gasteiger partial charge is 0.207 e. The number of methoxy groups -OCH3 is 1. The molecule has 5 nitrogen and oxygen atoms in total. The van der Waals surface area contributed by atoms with Crippen molar-refractivity contribution in [2.75, 3.05) is 13.7 Å². The highest BCUT2D eigenvalue weighted by Gasteiger charge is 2.12. The maximum atomic E-state index is 10.5. The minimum Gasteiger partial charge on any atom is -0.493 e. The Morgan fingerprint density at radius 2 is 1.91 bits per heavy atom. The van der Waals surface area contributed by atoms with Crippen LogP contribution in [0.5, 0.6) is 11.5 Å². The molecule has 0 spiro atoms. The predicted molar refractivity (Wildman–Crippen MR) is 87.0 cm³/mol. The van der Waals surface area contributed by atoms with Crippen LogP contribution < -0.4 is 9.47 Å². The Morgan fingerprint density at radius 1 is 1.18 bits per heavy atom. The van der Waals surface area contributed by atoms with Crippen molar-refractivity contribution in [1.82, 2.24) is 0 Å². The Bertz CT molecular complexity index is 646. The number of hydrogen-bond acceptors (Lipinski definition) is 4. The standard InChI is InChI=1S/C16H16BrNO4/c1-21-15-10-14(17)13(7-8-18(19)20)9-16(15)22-11-12-5-3-2-4-6-12/h2-6,9-10H,7-8,11H2,1H3. The topological polar surface area (TPSA) is 61.6 Å². The van der Waals surface area contributed by atoms with Crippen LogP contribution >= 0.6 is 15.9 Å². The molecule has 0 aliphatic heterocycles. The van der Waals surface area contributed by atoms with Crippen molar-refractivity contribution in [3.05, 3.63) is 68.2 Å². The summed E-state index contributed by atoms with van der Waals surface area (Å²) in [6.45, 7) is 0.288. The molecule has 0 heterocycles. The predicted octanol–water partition coefficient (Wildman–Crippen LogP) is 3.86. The molecule has 0 aromatic heterocycles. The molecule has 0 bridgehead atoms. The van der Waals surface area contributed by atoms with Gasteiger partial charge < -0.3 is 9.47 Å². The highest BCUT2D eigenvalue weighted by Crippen LogP contribution is 2.34. The molecule has 22 heavy (non-hydrogen) atoms. The summed E-state index contributed by atoms with van der Waals surface area (Å²) in [5, 5.41) is 10.5. The molecule has 0 unspecified atom stereocenters. The van der Waals surface area contributed by atoms with E-state index in [-0.39, 0.29) is 11.5 Å². The van der Waals surface area contributed by atoms with E-state index < -0.39 is 0 Å². The van der Waals surface area contributed by atoms with Gasteiger partial charge in [-0.05, 0) is 23.3 Å². The number of rotatable bonds is 7. The summed E-state index contributed by atoms with van der Waals surface area (Å²) in [4.78, 5) is 10.2. The average Bonchev–Trinajstić information content (AvgIpc) is 2.53. The summed E-state index contributed by atoms with van der Waals surface area (Å²) in [5.74, 6) is 1.17. The lowest BCUT2D eigenvalue weighted by molar-refractivity contribution is -0.479. The Labute approximate surface area is 137 Å². The summed E-state index contributed by atoms with van der Waals surface area (Å²) in [7, 11) is 1.56. The van der Waals surface area contributed by atoms with Gasteiger partial charge in [-0.3, -0.25) is 10.1 Å². The third-order valence-corrected chi connectivity index (χ3v) is 3.87. The third kappa shape index (κ3) is 4.46. The maximum Gasteiger partial charge on any atom is 0.207 e. The monoisotopic (exact) mass is 365 g/mol. The Kier molecular flexibility index (Phi) is 5.77. The van der Waals surface area contributed by atoms with E-state index in [1.165, 1.54) is 0 Å². The molecular formula is C16H16BrNO4. The van der Waals surface area contributed by atoms with Crippen LogP contribution in [0.1, 0.15) is 11.1 Å². The van der Waals surface area contributed by atoms with Crippen molar-refractivity contribution < 1.29 is 14.4 Å². The minimum atomic E-state index is -0.332. The molecule has 0 radical (unpaired) electrons. The van der Waals surface area contributed by atoms with Crippen LogP contribution in [-0.4, -0.2) is 18.6 Å². The van der Waals surface area contributed by atoms with E-state index in [2.05, 4.69) is 15.9 Å². The Hall–Kier alpha value is -2.08. The van der Waals surface area contributed by atoms with Crippen molar-refractivity contribution in [2.24, 2.45) is 0 Å². The van der Waals surface area contributed by atoms with Gasteiger partial charge in [-0.25, -0.2) is 0 Å². The fraction of sp³-hybridized carbons (Fsp3) is 0.250. The van der Waals surface area contributed by atoms with Crippen molar-refractivity contribution >= 4 is 15.9 Å². The van der Waals surface area contributed by atoms with Crippen molar-refractivity contribution in [3.8, 4) is 11.5 Å². The Morgan fingerprint density at radius 3 is 2.55 bits per heavy atom. The van der Waals surface area contributed by atoms with Crippen LogP contribution in [0.4, 0.5) is 0 Å². The zero-order valence-corrected chi connectivity index (χ0v) is 13.7. The lowest BCUT2D eigenvalue weighted by atomic mass is 10.1. The van der Waals surface area contributed by atoms with E-state index in [0.29, 0.717) is 24.5 Å². The molecule has 0 aliphatic carbocycles.